The molecule has 0 radical (unpaired) electrons. The van der Waals surface area contributed by atoms with Crippen molar-refractivity contribution in [3.8, 4) is 0 Å². The number of rotatable bonds is 0. The summed E-state index contributed by atoms with van der Waals surface area (Å²) in [5, 5.41) is 0. The third-order valence-electron chi connectivity index (χ3n) is 3.37. The molecule has 3 aliphatic heterocycles. The zero-order valence-electron chi connectivity index (χ0n) is 8.88. The van der Waals surface area contributed by atoms with Crippen molar-refractivity contribution in [1.29, 1.82) is 0 Å². The fourth-order valence-electron chi connectivity index (χ4n) is 2.45. The first kappa shape index (κ1) is 9.57. The Morgan fingerprint density at radius 1 is 1.27 bits per heavy atom. The highest BCUT2D eigenvalue weighted by Gasteiger charge is 2.52. The van der Waals surface area contributed by atoms with E-state index in [4.69, 9.17) is 14.2 Å². The van der Waals surface area contributed by atoms with Crippen LogP contribution in [0.3, 0.4) is 0 Å². The van der Waals surface area contributed by atoms with Crippen molar-refractivity contribution in [3.63, 3.8) is 0 Å². The molecule has 0 unspecified atom stereocenters. The van der Waals surface area contributed by atoms with Crippen molar-refractivity contribution in [2.45, 2.75) is 38.6 Å². The standard InChI is InChI=1S/C10H15NO4/c1-5-9(12)11-3-7-8(15-10(5)11)4-13-6(2)14-7/h5-8,10H,3-4H2,1-2H3/t5-,6-,7+,8+,10-/m0/s1. The Morgan fingerprint density at radius 3 is 2.87 bits per heavy atom. The molecule has 3 fully saturated rings. The predicted octanol–water partition coefficient (Wildman–Crippen LogP) is -0.0490. The molecule has 0 aromatic heterocycles. The van der Waals surface area contributed by atoms with Crippen LogP contribution in [0.4, 0.5) is 0 Å². The number of amides is 1. The van der Waals surface area contributed by atoms with Gasteiger partial charge in [-0.3, -0.25) is 4.79 Å². The number of nitrogens with zero attached hydrogens (tertiary/aromatic N) is 1. The Hall–Kier alpha value is -0.650. The maximum atomic E-state index is 11.5. The average molecular weight is 213 g/mol. The van der Waals surface area contributed by atoms with E-state index in [1.54, 1.807) is 4.90 Å². The smallest absolute Gasteiger partial charge is 0.232 e. The quantitative estimate of drug-likeness (QED) is 0.529. The zero-order chi connectivity index (χ0) is 10.6. The number of carbonyl (C=O) groups excluding carboxylic acids is 1. The van der Waals surface area contributed by atoms with Crippen LogP contribution in [0.25, 0.3) is 0 Å². The Bertz CT molecular complexity index is 295. The molecule has 3 aliphatic rings. The zero-order valence-corrected chi connectivity index (χ0v) is 8.88. The highest BCUT2D eigenvalue weighted by molar-refractivity contribution is 5.85. The molecule has 0 aliphatic carbocycles. The van der Waals surface area contributed by atoms with Gasteiger partial charge < -0.3 is 19.1 Å². The fraction of sp³-hybridized carbons (Fsp3) is 0.900. The molecule has 1 amide bonds. The van der Waals surface area contributed by atoms with Crippen molar-refractivity contribution < 1.29 is 19.0 Å². The first-order chi connectivity index (χ1) is 7.16. The summed E-state index contributed by atoms with van der Waals surface area (Å²) in [4.78, 5) is 13.3. The van der Waals surface area contributed by atoms with E-state index in [1.165, 1.54) is 0 Å². The molecular weight excluding hydrogens is 198 g/mol. The molecule has 0 aromatic carbocycles. The molecule has 0 bridgehead atoms. The van der Waals surface area contributed by atoms with Gasteiger partial charge in [-0.2, -0.15) is 0 Å². The average Bonchev–Trinajstić information content (AvgIpc) is 2.26. The molecule has 3 saturated heterocycles. The first-order valence-corrected chi connectivity index (χ1v) is 5.40. The third kappa shape index (κ3) is 1.30. The van der Waals surface area contributed by atoms with Gasteiger partial charge in [-0.15, -0.1) is 0 Å². The Labute approximate surface area is 88.3 Å². The van der Waals surface area contributed by atoms with Crippen molar-refractivity contribution in [3.05, 3.63) is 0 Å². The molecule has 5 heteroatoms. The molecule has 84 valence electrons. The Morgan fingerprint density at radius 2 is 2.07 bits per heavy atom. The van der Waals surface area contributed by atoms with Crippen LogP contribution in [-0.2, 0) is 19.0 Å². The van der Waals surface area contributed by atoms with Crippen LogP contribution in [-0.4, -0.2) is 48.7 Å². The number of fused-ring (bicyclic) bond motifs is 2. The summed E-state index contributed by atoms with van der Waals surface area (Å²) in [6.45, 7) is 4.98. The summed E-state index contributed by atoms with van der Waals surface area (Å²) in [5.41, 5.74) is 0. The molecule has 0 N–H and O–H groups in total. The van der Waals surface area contributed by atoms with Crippen molar-refractivity contribution in [1.82, 2.24) is 4.90 Å². The third-order valence-corrected chi connectivity index (χ3v) is 3.37. The van der Waals surface area contributed by atoms with Crippen LogP contribution in [0.1, 0.15) is 13.8 Å². The van der Waals surface area contributed by atoms with Crippen LogP contribution >= 0.6 is 0 Å². The van der Waals surface area contributed by atoms with Crippen LogP contribution < -0.4 is 0 Å². The van der Waals surface area contributed by atoms with Gasteiger partial charge in [0.25, 0.3) is 0 Å². The van der Waals surface area contributed by atoms with Gasteiger partial charge in [0, 0.05) is 0 Å². The lowest BCUT2D eigenvalue weighted by molar-refractivity contribution is -0.317. The molecule has 15 heavy (non-hydrogen) atoms. The normalized spacial score (nSPS) is 49.3. The maximum Gasteiger partial charge on any atom is 0.232 e. The lowest BCUT2D eigenvalue weighted by Crippen LogP contribution is -2.70. The second-order valence-electron chi connectivity index (χ2n) is 4.42. The topological polar surface area (TPSA) is 48.0 Å². The van der Waals surface area contributed by atoms with Gasteiger partial charge in [-0.25, -0.2) is 0 Å². The summed E-state index contributed by atoms with van der Waals surface area (Å²) in [5.74, 6) is 0.159. The fourth-order valence-corrected chi connectivity index (χ4v) is 2.45. The van der Waals surface area contributed by atoms with Crippen molar-refractivity contribution in [2.75, 3.05) is 13.2 Å². The van der Waals surface area contributed by atoms with Gasteiger partial charge in [-0.1, -0.05) is 0 Å². The molecule has 3 rings (SSSR count). The van der Waals surface area contributed by atoms with E-state index >= 15 is 0 Å². The minimum Gasteiger partial charge on any atom is -0.350 e. The van der Waals surface area contributed by atoms with Crippen LogP contribution in [0, 0.1) is 5.92 Å². The van der Waals surface area contributed by atoms with Gasteiger partial charge in [0.2, 0.25) is 5.91 Å². The van der Waals surface area contributed by atoms with E-state index in [-0.39, 0.29) is 36.6 Å². The van der Waals surface area contributed by atoms with Gasteiger partial charge in [0.1, 0.15) is 18.4 Å². The summed E-state index contributed by atoms with van der Waals surface area (Å²) in [7, 11) is 0. The van der Waals surface area contributed by atoms with Crippen molar-refractivity contribution in [2.24, 2.45) is 5.92 Å². The van der Waals surface area contributed by atoms with Gasteiger partial charge in [-0.05, 0) is 13.8 Å². The summed E-state index contributed by atoms with van der Waals surface area (Å²) in [6.07, 6.45) is -0.293. The van der Waals surface area contributed by atoms with E-state index in [9.17, 15) is 4.79 Å². The van der Waals surface area contributed by atoms with E-state index in [1.807, 2.05) is 13.8 Å². The number of carbonyl (C=O) groups is 1. The van der Waals surface area contributed by atoms with Gasteiger partial charge >= 0.3 is 0 Å². The minimum atomic E-state index is -0.194. The lowest BCUT2D eigenvalue weighted by Gasteiger charge is -2.54. The minimum absolute atomic E-state index is 0.00898. The van der Waals surface area contributed by atoms with E-state index < -0.39 is 0 Å². The van der Waals surface area contributed by atoms with Crippen LogP contribution in [0.15, 0.2) is 0 Å². The molecule has 3 heterocycles. The van der Waals surface area contributed by atoms with Gasteiger partial charge in [0.15, 0.2) is 6.29 Å². The molecule has 5 nitrogen and oxygen atoms in total. The van der Waals surface area contributed by atoms with Crippen LogP contribution in [0.5, 0.6) is 0 Å². The van der Waals surface area contributed by atoms with Crippen LogP contribution in [0.2, 0.25) is 0 Å². The number of hydrogen-bond acceptors (Lipinski definition) is 4. The highest BCUT2D eigenvalue weighted by atomic mass is 16.7. The lowest BCUT2D eigenvalue weighted by atomic mass is 9.94. The maximum absolute atomic E-state index is 11.5. The van der Waals surface area contributed by atoms with Gasteiger partial charge in [0.05, 0.1) is 19.1 Å². The number of β-lactam (4-membered cyclic amide) rings is 1. The summed E-state index contributed by atoms with van der Waals surface area (Å²) in [6, 6.07) is 0. The van der Waals surface area contributed by atoms with E-state index in [2.05, 4.69) is 0 Å². The molecule has 0 spiro atoms. The SMILES string of the molecule is C[C@H]1OC[C@H]2O[C@H]3[C@@H](C)C(=O)N3C[C@H]2O1. The second-order valence-corrected chi connectivity index (χ2v) is 4.42. The Kier molecular flexibility index (Phi) is 2.02. The second kappa shape index (κ2) is 3.17. The first-order valence-electron chi connectivity index (χ1n) is 5.40. The number of ether oxygens (including phenoxy) is 3. The molecular formula is C10H15NO4. The summed E-state index contributed by atoms with van der Waals surface area (Å²) >= 11 is 0. The van der Waals surface area contributed by atoms with Crippen molar-refractivity contribution >= 4 is 5.91 Å². The molecule has 0 aromatic rings. The molecule has 0 saturated carbocycles. The number of hydrogen-bond donors (Lipinski definition) is 0. The predicted molar refractivity (Wildman–Crippen MR) is 49.8 cm³/mol. The monoisotopic (exact) mass is 213 g/mol. The van der Waals surface area contributed by atoms with E-state index in [0.717, 1.165) is 0 Å². The summed E-state index contributed by atoms with van der Waals surface area (Å²) < 4.78 is 16.7. The van der Waals surface area contributed by atoms with E-state index in [0.29, 0.717) is 13.2 Å². The molecule has 5 atom stereocenters. The largest absolute Gasteiger partial charge is 0.350 e. The Balaban J connectivity index is 1.72. The highest BCUT2D eigenvalue weighted by Crippen LogP contribution is 2.35.